The number of rotatable bonds is 46. The average Bonchev–Trinajstić information content (AvgIpc) is 3.26. The lowest BCUT2D eigenvalue weighted by Gasteiger charge is -2.18. The van der Waals surface area contributed by atoms with Crippen LogP contribution in [0.1, 0.15) is 239 Å². The van der Waals surface area contributed by atoms with Crippen LogP contribution in [0.5, 0.6) is 0 Å². The molecule has 0 aliphatic carbocycles. The number of unbranched alkanes of at least 4 members (excludes halogenated alkanes) is 25. The Morgan fingerprint density at radius 2 is 0.705 bits per heavy atom. The third-order valence-corrected chi connectivity index (χ3v) is 10.9. The van der Waals surface area contributed by atoms with Crippen molar-refractivity contribution in [3.8, 4) is 0 Å². The Kier molecular flexibility index (Phi) is 46.9. The molecule has 0 N–H and O–H groups in total. The van der Waals surface area contributed by atoms with E-state index in [2.05, 4.69) is 75.1 Å². The second-order valence-corrected chi connectivity index (χ2v) is 16.8. The quantitative estimate of drug-likeness (QED) is 0.0200. The van der Waals surface area contributed by atoms with Crippen LogP contribution in [0.2, 0.25) is 0 Å². The lowest BCUT2D eigenvalue weighted by atomic mass is 10.0. The molecule has 0 unspecified atom stereocenters. The minimum absolute atomic E-state index is 0.0910. The predicted octanol–water partition coefficient (Wildman–Crippen LogP) is 16.6. The molecule has 61 heavy (non-hydrogen) atoms. The van der Waals surface area contributed by atoms with Crippen molar-refractivity contribution in [2.45, 2.75) is 245 Å². The average molecular weight is 851 g/mol. The molecule has 0 aliphatic rings. The minimum atomic E-state index is -0.795. The van der Waals surface area contributed by atoms with Crippen LogP contribution in [0, 0.1) is 0 Å². The van der Waals surface area contributed by atoms with Crippen LogP contribution < -0.4 is 0 Å². The SMILES string of the molecule is C=C/C=C\C/C=C\C/C=C\C/C=C\C/C=C\CCCC(=O)OC[C@@H](COC(=O)CCCCCCCCCCCCCCC)OC(=O)CCCCCCCCCCCCCCC. The normalized spacial score (nSPS) is 12.4. The number of hydrogen-bond donors (Lipinski definition) is 0. The van der Waals surface area contributed by atoms with Gasteiger partial charge in [-0.2, -0.15) is 0 Å². The number of esters is 3. The third kappa shape index (κ3) is 47.7. The van der Waals surface area contributed by atoms with Gasteiger partial charge in [-0.3, -0.25) is 14.4 Å². The van der Waals surface area contributed by atoms with E-state index in [9.17, 15) is 14.4 Å². The summed E-state index contributed by atoms with van der Waals surface area (Å²) in [6.45, 7) is 7.99. The molecule has 0 heterocycles. The molecule has 0 aromatic rings. The van der Waals surface area contributed by atoms with Gasteiger partial charge in [0.25, 0.3) is 0 Å². The fraction of sp³-hybridized carbons (Fsp3) is 0.727. The Bertz CT molecular complexity index is 1150. The highest BCUT2D eigenvalue weighted by molar-refractivity contribution is 5.71. The van der Waals surface area contributed by atoms with E-state index in [1.54, 1.807) is 6.08 Å². The smallest absolute Gasteiger partial charge is 0.306 e. The Labute approximate surface area is 376 Å². The predicted molar refractivity (Wildman–Crippen MR) is 261 cm³/mol. The van der Waals surface area contributed by atoms with Crippen LogP contribution >= 0.6 is 0 Å². The molecule has 350 valence electrons. The van der Waals surface area contributed by atoms with E-state index in [0.29, 0.717) is 19.3 Å². The molecule has 0 rings (SSSR count). The van der Waals surface area contributed by atoms with Gasteiger partial charge in [-0.25, -0.2) is 0 Å². The summed E-state index contributed by atoms with van der Waals surface area (Å²) in [6.07, 6.45) is 60.6. The molecule has 0 fully saturated rings. The number of allylic oxidation sites excluding steroid dienone is 11. The van der Waals surface area contributed by atoms with Crippen LogP contribution in [-0.4, -0.2) is 37.2 Å². The molecule has 0 saturated carbocycles. The Morgan fingerprint density at radius 1 is 0.393 bits per heavy atom. The van der Waals surface area contributed by atoms with Crippen molar-refractivity contribution in [2.75, 3.05) is 13.2 Å². The third-order valence-electron chi connectivity index (χ3n) is 10.9. The molecule has 6 nitrogen and oxygen atoms in total. The molecule has 0 saturated heterocycles. The van der Waals surface area contributed by atoms with Gasteiger partial charge in [0.15, 0.2) is 6.10 Å². The topological polar surface area (TPSA) is 78.9 Å². The van der Waals surface area contributed by atoms with Gasteiger partial charge in [-0.05, 0) is 51.4 Å². The number of carbonyl (C=O) groups is 3. The van der Waals surface area contributed by atoms with E-state index in [0.717, 1.165) is 70.6 Å². The fourth-order valence-electron chi connectivity index (χ4n) is 7.10. The minimum Gasteiger partial charge on any atom is -0.462 e. The summed E-state index contributed by atoms with van der Waals surface area (Å²) in [7, 11) is 0. The summed E-state index contributed by atoms with van der Waals surface area (Å²) < 4.78 is 16.7. The van der Waals surface area contributed by atoms with Crippen LogP contribution in [0.25, 0.3) is 0 Å². The summed E-state index contributed by atoms with van der Waals surface area (Å²) >= 11 is 0. The van der Waals surface area contributed by atoms with E-state index in [4.69, 9.17) is 14.2 Å². The zero-order valence-electron chi connectivity index (χ0n) is 39.7. The maximum absolute atomic E-state index is 12.8. The van der Waals surface area contributed by atoms with Crippen LogP contribution in [-0.2, 0) is 28.6 Å². The van der Waals surface area contributed by atoms with Gasteiger partial charge in [-0.1, -0.05) is 241 Å². The summed E-state index contributed by atoms with van der Waals surface area (Å²) in [5, 5.41) is 0. The maximum Gasteiger partial charge on any atom is 0.306 e. The zero-order valence-corrected chi connectivity index (χ0v) is 39.7. The van der Waals surface area contributed by atoms with Gasteiger partial charge >= 0.3 is 17.9 Å². The summed E-state index contributed by atoms with van der Waals surface area (Å²) in [5.74, 6) is -0.951. The number of ether oxygens (including phenoxy) is 3. The first-order valence-electron chi connectivity index (χ1n) is 25.4. The largest absolute Gasteiger partial charge is 0.462 e. The first kappa shape index (κ1) is 57.9. The van der Waals surface area contributed by atoms with Gasteiger partial charge in [0.05, 0.1) is 0 Å². The molecule has 0 radical (unpaired) electrons. The maximum atomic E-state index is 12.8. The molecule has 0 spiro atoms. The van der Waals surface area contributed by atoms with Gasteiger partial charge in [-0.15, -0.1) is 0 Å². The molecular formula is C55H94O6. The van der Waals surface area contributed by atoms with Crippen LogP contribution in [0.4, 0.5) is 0 Å². The number of carbonyl (C=O) groups excluding carboxylic acids is 3. The van der Waals surface area contributed by atoms with Crippen molar-refractivity contribution in [2.24, 2.45) is 0 Å². The van der Waals surface area contributed by atoms with E-state index in [1.807, 2.05) is 6.08 Å². The molecule has 0 aliphatic heterocycles. The standard InChI is InChI=1S/C55H94O6/c1-4-7-10-13-16-19-22-25-26-27-28-31-33-36-39-42-45-48-54(57)60-51-52(61-55(58)49-46-43-40-37-34-30-24-21-18-15-12-9-6-3)50-59-53(56)47-44-41-38-35-32-29-23-20-17-14-11-8-5-2/h4,7,10,16,19,25-26,28,31,36,39,52H,1,5-6,8-9,11-15,17-18,20-24,27,29-30,32-35,37-38,40-51H2,2-3H3/b10-7-,19-16-,26-25-,31-28-,39-36-/t52-/m1/s1. The van der Waals surface area contributed by atoms with Crippen LogP contribution in [0.3, 0.4) is 0 Å². The number of hydrogen-bond acceptors (Lipinski definition) is 6. The van der Waals surface area contributed by atoms with E-state index >= 15 is 0 Å². The van der Waals surface area contributed by atoms with Crippen molar-refractivity contribution < 1.29 is 28.6 Å². The van der Waals surface area contributed by atoms with Crippen molar-refractivity contribution in [1.82, 2.24) is 0 Å². The van der Waals surface area contributed by atoms with Crippen molar-refractivity contribution in [3.05, 3.63) is 73.4 Å². The summed E-state index contributed by atoms with van der Waals surface area (Å²) in [4.78, 5) is 37.9. The molecule has 1 atom stereocenters. The lowest BCUT2D eigenvalue weighted by molar-refractivity contribution is -0.167. The second-order valence-electron chi connectivity index (χ2n) is 16.8. The highest BCUT2D eigenvalue weighted by Crippen LogP contribution is 2.15. The van der Waals surface area contributed by atoms with E-state index < -0.39 is 6.10 Å². The lowest BCUT2D eigenvalue weighted by Crippen LogP contribution is -2.30. The first-order valence-corrected chi connectivity index (χ1v) is 25.4. The van der Waals surface area contributed by atoms with E-state index in [-0.39, 0.29) is 37.5 Å². The second kappa shape index (κ2) is 49.5. The van der Waals surface area contributed by atoms with Gasteiger partial charge in [0.1, 0.15) is 13.2 Å². The van der Waals surface area contributed by atoms with E-state index in [1.165, 1.54) is 128 Å². The van der Waals surface area contributed by atoms with Gasteiger partial charge in [0.2, 0.25) is 0 Å². The van der Waals surface area contributed by atoms with Crippen molar-refractivity contribution in [3.63, 3.8) is 0 Å². The molecule has 0 aromatic carbocycles. The van der Waals surface area contributed by atoms with Gasteiger partial charge in [0, 0.05) is 19.3 Å². The molecule has 0 amide bonds. The zero-order chi connectivity index (χ0) is 44.4. The molecule has 0 bridgehead atoms. The summed E-state index contributed by atoms with van der Waals surface area (Å²) in [6, 6.07) is 0. The Hall–Kier alpha value is -3.15. The Morgan fingerprint density at radius 3 is 1.08 bits per heavy atom. The molecule has 0 aromatic heterocycles. The van der Waals surface area contributed by atoms with Crippen molar-refractivity contribution >= 4 is 17.9 Å². The van der Waals surface area contributed by atoms with Gasteiger partial charge < -0.3 is 14.2 Å². The Balaban J connectivity index is 4.45. The van der Waals surface area contributed by atoms with Crippen molar-refractivity contribution in [1.29, 1.82) is 0 Å². The monoisotopic (exact) mass is 851 g/mol. The highest BCUT2D eigenvalue weighted by atomic mass is 16.6. The first-order chi connectivity index (χ1) is 30.0. The highest BCUT2D eigenvalue weighted by Gasteiger charge is 2.19. The van der Waals surface area contributed by atoms with Crippen LogP contribution in [0.15, 0.2) is 73.4 Å². The molecular weight excluding hydrogens is 757 g/mol. The molecule has 6 heteroatoms. The fourth-order valence-corrected chi connectivity index (χ4v) is 7.10. The summed E-state index contributed by atoms with van der Waals surface area (Å²) in [5.41, 5.74) is 0.